The molecule has 1 aromatic rings. The van der Waals surface area contributed by atoms with Gasteiger partial charge in [-0.3, -0.25) is 10.1 Å². The van der Waals surface area contributed by atoms with E-state index < -0.39 is 0 Å². The molecule has 2 fully saturated rings. The third kappa shape index (κ3) is 2.29. The van der Waals surface area contributed by atoms with Gasteiger partial charge in [0.2, 0.25) is 5.91 Å². The van der Waals surface area contributed by atoms with Gasteiger partial charge >= 0.3 is 0 Å². The van der Waals surface area contributed by atoms with Gasteiger partial charge in [-0.05, 0) is 47.6 Å². The average molecular weight is 292 g/mol. The van der Waals surface area contributed by atoms with E-state index in [9.17, 15) is 4.79 Å². The lowest BCUT2D eigenvalue weighted by atomic mass is 9.72. The molecule has 1 amide bonds. The molecule has 1 N–H and O–H groups in total. The van der Waals surface area contributed by atoms with Gasteiger partial charge < -0.3 is 4.90 Å². The number of hydrogen-bond acceptors (Lipinski definition) is 3. The van der Waals surface area contributed by atoms with Gasteiger partial charge in [-0.1, -0.05) is 26.7 Å². The standard InChI is InChI=1S/C16H24N2OS/c1-11-15(19)18(13-6-4-5-8-16(13,2)3)14(17-11)12-7-9-20-10-12/h7,9-11,13-14,17H,4-6,8H2,1-3H3. The highest BCUT2D eigenvalue weighted by molar-refractivity contribution is 7.07. The molecule has 1 aliphatic heterocycles. The number of amides is 1. The molecule has 1 aliphatic carbocycles. The number of carbonyl (C=O) groups is 1. The van der Waals surface area contributed by atoms with Gasteiger partial charge in [-0.2, -0.15) is 11.3 Å². The van der Waals surface area contributed by atoms with Crippen LogP contribution in [0.15, 0.2) is 16.8 Å². The minimum atomic E-state index is -0.0716. The molecular weight excluding hydrogens is 268 g/mol. The van der Waals surface area contributed by atoms with E-state index >= 15 is 0 Å². The lowest BCUT2D eigenvalue weighted by molar-refractivity contribution is -0.136. The van der Waals surface area contributed by atoms with Gasteiger partial charge in [-0.15, -0.1) is 0 Å². The van der Waals surface area contributed by atoms with Crippen LogP contribution in [0.2, 0.25) is 0 Å². The zero-order valence-corrected chi connectivity index (χ0v) is 13.4. The van der Waals surface area contributed by atoms with Crippen molar-refractivity contribution in [2.45, 2.75) is 64.7 Å². The molecule has 1 saturated heterocycles. The molecule has 20 heavy (non-hydrogen) atoms. The number of nitrogens with zero attached hydrogens (tertiary/aromatic N) is 1. The number of hydrogen-bond donors (Lipinski definition) is 1. The van der Waals surface area contributed by atoms with Crippen molar-refractivity contribution in [2.24, 2.45) is 5.41 Å². The summed E-state index contributed by atoms with van der Waals surface area (Å²) in [6.07, 6.45) is 4.94. The van der Waals surface area contributed by atoms with E-state index in [4.69, 9.17) is 0 Å². The van der Waals surface area contributed by atoms with Crippen molar-refractivity contribution in [3.05, 3.63) is 22.4 Å². The summed E-state index contributed by atoms with van der Waals surface area (Å²) in [5, 5.41) is 7.72. The molecular formula is C16H24N2OS. The maximum absolute atomic E-state index is 12.7. The fourth-order valence-corrected chi connectivity index (χ4v) is 4.43. The Balaban J connectivity index is 1.93. The van der Waals surface area contributed by atoms with Crippen molar-refractivity contribution in [2.75, 3.05) is 0 Å². The van der Waals surface area contributed by atoms with Crippen molar-refractivity contribution in [1.82, 2.24) is 10.2 Å². The Hall–Kier alpha value is -0.870. The number of nitrogens with one attached hydrogen (secondary N) is 1. The van der Waals surface area contributed by atoms with Crippen LogP contribution < -0.4 is 5.32 Å². The van der Waals surface area contributed by atoms with E-state index in [-0.39, 0.29) is 23.5 Å². The maximum Gasteiger partial charge on any atom is 0.241 e. The lowest BCUT2D eigenvalue weighted by Gasteiger charge is -2.45. The first-order valence-electron chi connectivity index (χ1n) is 7.61. The number of thiophene rings is 1. The van der Waals surface area contributed by atoms with Crippen LogP contribution in [-0.4, -0.2) is 22.9 Å². The van der Waals surface area contributed by atoms with Crippen LogP contribution in [0.5, 0.6) is 0 Å². The van der Waals surface area contributed by atoms with Crippen LogP contribution in [0.3, 0.4) is 0 Å². The summed E-state index contributed by atoms with van der Waals surface area (Å²) in [6.45, 7) is 6.62. The molecule has 0 radical (unpaired) electrons. The van der Waals surface area contributed by atoms with Crippen LogP contribution in [0.25, 0.3) is 0 Å². The average Bonchev–Trinajstić information content (AvgIpc) is 3.00. The molecule has 0 bridgehead atoms. The van der Waals surface area contributed by atoms with Gasteiger partial charge in [-0.25, -0.2) is 0 Å². The van der Waals surface area contributed by atoms with Crippen LogP contribution in [-0.2, 0) is 4.79 Å². The zero-order chi connectivity index (χ0) is 14.3. The quantitative estimate of drug-likeness (QED) is 0.904. The first-order valence-corrected chi connectivity index (χ1v) is 8.55. The first-order chi connectivity index (χ1) is 9.50. The smallest absolute Gasteiger partial charge is 0.241 e. The minimum absolute atomic E-state index is 0.0612. The zero-order valence-electron chi connectivity index (χ0n) is 12.6. The molecule has 0 aromatic carbocycles. The second-order valence-corrected chi connectivity index (χ2v) is 7.62. The van der Waals surface area contributed by atoms with Gasteiger partial charge in [0.1, 0.15) is 6.17 Å². The minimum Gasteiger partial charge on any atom is -0.318 e. The molecule has 2 aliphatic rings. The molecule has 1 saturated carbocycles. The third-order valence-corrected chi connectivity index (χ3v) is 5.66. The summed E-state index contributed by atoms with van der Waals surface area (Å²) in [6, 6.07) is 2.42. The topological polar surface area (TPSA) is 32.3 Å². The predicted octanol–water partition coefficient (Wildman–Crippen LogP) is 3.54. The summed E-state index contributed by atoms with van der Waals surface area (Å²) in [7, 11) is 0. The van der Waals surface area contributed by atoms with Crippen molar-refractivity contribution < 1.29 is 4.79 Å². The van der Waals surface area contributed by atoms with E-state index in [2.05, 4.69) is 40.9 Å². The number of carbonyl (C=O) groups excluding carboxylic acids is 1. The van der Waals surface area contributed by atoms with E-state index in [1.807, 2.05) is 6.92 Å². The Morgan fingerprint density at radius 3 is 2.85 bits per heavy atom. The fraction of sp³-hybridized carbons (Fsp3) is 0.688. The highest BCUT2D eigenvalue weighted by atomic mass is 32.1. The maximum atomic E-state index is 12.7. The van der Waals surface area contributed by atoms with E-state index in [0.29, 0.717) is 6.04 Å². The van der Waals surface area contributed by atoms with Crippen molar-refractivity contribution in [1.29, 1.82) is 0 Å². The van der Waals surface area contributed by atoms with E-state index in [1.54, 1.807) is 11.3 Å². The molecule has 3 rings (SSSR count). The Kier molecular flexibility index (Phi) is 3.63. The summed E-state index contributed by atoms with van der Waals surface area (Å²) in [5.41, 5.74) is 1.45. The molecule has 1 aromatic heterocycles. The van der Waals surface area contributed by atoms with Crippen molar-refractivity contribution in [3.8, 4) is 0 Å². The SMILES string of the molecule is CC1NC(c2ccsc2)N(C2CCCCC2(C)C)C1=O. The fourth-order valence-electron chi connectivity index (χ4n) is 3.75. The monoisotopic (exact) mass is 292 g/mol. The summed E-state index contributed by atoms with van der Waals surface area (Å²) in [5.74, 6) is 0.265. The highest BCUT2D eigenvalue weighted by Crippen LogP contribution is 2.43. The van der Waals surface area contributed by atoms with Crippen LogP contribution >= 0.6 is 11.3 Å². The largest absolute Gasteiger partial charge is 0.318 e. The Labute approximate surface area is 125 Å². The number of rotatable bonds is 2. The van der Waals surface area contributed by atoms with Crippen LogP contribution in [0.4, 0.5) is 0 Å². The molecule has 3 atom stereocenters. The first kappa shape index (κ1) is 14.1. The Bertz CT molecular complexity index is 483. The Morgan fingerprint density at radius 2 is 2.20 bits per heavy atom. The normalized spacial score (nSPS) is 33.6. The van der Waals surface area contributed by atoms with Crippen molar-refractivity contribution >= 4 is 17.2 Å². The second kappa shape index (κ2) is 5.15. The van der Waals surface area contributed by atoms with Gasteiger partial charge in [0.05, 0.1) is 6.04 Å². The van der Waals surface area contributed by atoms with Crippen LogP contribution in [0, 0.1) is 5.41 Å². The van der Waals surface area contributed by atoms with E-state index in [1.165, 1.54) is 24.8 Å². The summed E-state index contributed by atoms with van der Waals surface area (Å²) < 4.78 is 0. The van der Waals surface area contributed by atoms with Crippen molar-refractivity contribution in [3.63, 3.8) is 0 Å². The molecule has 3 unspecified atom stereocenters. The van der Waals surface area contributed by atoms with Gasteiger partial charge in [0.25, 0.3) is 0 Å². The second-order valence-electron chi connectivity index (χ2n) is 6.84. The molecule has 4 heteroatoms. The molecule has 0 spiro atoms. The van der Waals surface area contributed by atoms with Gasteiger partial charge in [0.15, 0.2) is 0 Å². The molecule has 110 valence electrons. The lowest BCUT2D eigenvalue weighted by Crippen LogP contribution is -2.49. The summed E-state index contributed by atoms with van der Waals surface area (Å²) in [4.78, 5) is 14.8. The highest BCUT2D eigenvalue weighted by Gasteiger charge is 2.46. The van der Waals surface area contributed by atoms with Crippen LogP contribution in [0.1, 0.15) is 58.2 Å². The summed E-state index contributed by atoms with van der Waals surface area (Å²) >= 11 is 1.70. The predicted molar refractivity (Wildman–Crippen MR) is 82.5 cm³/mol. The Morgan fingerprint density at radius 1 is 1.40 bits per heavy atom. The van der Waals surface area contributed by atoms with E-state index in [0.717, 1.165) is 6.42 Å². The molecule has 2 heterocycles. The third-order valence-electron chi connectivity index (χ3n) is 4.96. The van der Waals surface area contributed by atoms with Gasteiger partial charge in [0, 0.05) is 6.04 Å². The molecule has 3 nitrogen and oxygen atoms in total.